The summed E-state index contributed by atoms with van der Waals surface area (Å²) in [7, 11) is 1.61. The van der Waals surface area contributed by atoms with E-state index in [9.17, 15) is 14.4 Å². The van der Waals surface area contributed by atoms with Crippen molar-refractivity contribution < 1.29 is 19.1 Å². The van der Waals surface area contributed by atoms with Gasteiger partial charge in [-0.3, -0.25) is 4.79 Å². The molecule has 0 aliphatic carbocycles. The van der Waals surface area contributed by atoms with Crippen molar-refractivity contribution in [1.82, 2.24) is 25.1 Å². The summed E-state index contributed by atoms with van der Waals surface area (Å²) < 4.78 is 5.99. The lowest BCUT2D eigenvalue weighted by molar-refractivity contribution is -0.121. The van der Waals surface area contributed by atoms with E-state index in [0.717, 1.165) is 31.6 Å². The van der Waals surface area contributed by atoms with Gasteiger partial charge in [0.05, 0.1) is 4.47 Å². The van der Waals surface area contributed by atoms with E-state index in [1.54, 1.807) is 34.0 Å². The van der Waals surface area contributed by atoms with Gasteiger partial charge in [0.2, 0.25) is 11.9 Å². The van der Waals surface area contributed by atoms with Crippen molar-refractivity contribution in [2.24, 2.45) is 0 Å². The SMILES string of the molecule is CN(CCC(=O)NCCCNc1nc(Nc2cccc(NC(=O)N3CCCC3)c2)ncc1Br)C(=O)OC(C)(C)C. The molecule has 0 saturated carbocycles. The normalized spacial score (nSPS) is 13.0. The summed E-state index contributed by atoms with van der Waals surface area (Å²) in [5, 5.41) is 12.2. The lowest BCUT2D eigenvalue weighted by Crippen LogP contribution is -2.36. The highest BCUT2D eigenvalue weighted by Gasteiger charge is 2.20. The largest absolute Gasteiger partial charge is 0.444 e. The Bertz CT molecular complexity index is 1170. The Morgan fingerprint density at radius 3 is 2.58 bits per heavy atom. The molecule has 0 spiro atoms. The Hall–Kier alpha value is -3.61. The van der Waals surface area contributed by atoms with E-state index in [4.69, 9.17) is 4.74 Å². The molecule has 3 rings (SSSR count). The molecule has 40 heavy (non-hydrogen) atoms. The fraction of sp³-hybridized carbons (Fsp3) is 0.519. The minimum atomic E-state index is -0.576. The van der Waals surface area contributed by atoms with Crippen LogP contribution in [0.4, 0.5) is 32.7 Å². The summed E-state index contributed by atoms with van der Waals surface area (Å²) >= 11 is 3.46. The molecule has 4 N–H and O–H groups in total. The van der Waals surface area contributed by atoms with Gasteiger partial charge in [0.15, 0.2) is 0 Å². The number of ether oxygens (including phenoxy) is 1. The van der Waals surface area contributed by atoms with E-state index in [0.29, 0.717) is 41.4 Å². The summed E-state index contributed by atoms with van der Waals surface area (Å²) in [5.41, 5.74) is 0.857. The number of benzene rings is 1. The lowest BCUT2D eigenvalue weighted by atomic mass is 10.2. The van der Waals surface area contributed by atoms with E-state index in [1.807, 2.05) is 29.2 Å². The molecule has 0 unspecified atom stereocenters. The van der Waals surface area contributed by atoms with E-state index >= 15 is 0 Å². The molecule has 0 bridgehead atoms. The van der Waals surface area contributed by atoms with E-state index < -0.39 is 11.7 Å². The van der Waals surface area contributed by atoms with Crippen LogP contribution in [0.1, 0.15) is 46.5 Å². The lowest BCUT2D eigenvalue weighted by Gasteiger charge is -2.24. The Balaban J connectivity index is 1.40. The second kappa shape index (κ2) is 14.7. The third-order valence-corrected chi connectivity index (χ3v) is 6.44. The predicted octanol–water partition coefficient (Wildman–Crippen LogP) is 4.79. The summed E-state index contributed by atoms with van der Waals surface area (Å²) in [6, 6.07) is 7.31. The van der Waals surface area contributed by atoms with E-state index in [1.165, 1.54) is 4.90 Å². The van der Waals surface area contributed by atoms with Crippen LogP contribution in [0, 0.1) is 0 Å². The molecular formula is C27H39BrN8O4. The summed E-state index contributed by atoms with van der Waals surface area (Å²) in [5.74, 6) is 0.876. The fourth-order valence-corrected chi connectivity index (χ4v) is 4.12. The number of nitrogens with zero attached hydrogens (tertiary/aromatic N) is 4. The van der Waals surface area contributed by atoms with Crippen molar-refractivity contribution in [3.63, 3.8) is 0 Å². The highest BCUT2D eigenvalue weighted by atomic mass is 79.9. The first kappa shape index (κ1) is 30.9. The topological polar surface area (TPSA) is 141 Å². The van der Waals surface area contributed by atoms with Crippen LogP contribution in [0.2, 0.25) is 0 Å². The first-order valence-corrected chi connectivity index (χ1v) is 14.2. The van der Waals surface area contributed by atoms with E-state index in [2.05, 4.69) is 47.2 Å². The maximum absolute atomic E-state index is 12.4. The molecule has 12 nitrogen and oxygen atoms in total. The molecule has 4 amide bonds. The number of aromatic nitrogens is 2. The van der Waals surface area contributed by atoms with Crippen LogP contribution in [0.3, 0.4) is 0 Å². The zero-order chi connectivity index (χ0) is 29.1. The van der Waals surface area contributed by atoms with Gasteiger partial charge in [-0.25, -0.2) is 14.6 Å². The average molecular weight is 620 g/mol. The molecular weight excluding hydrogens is 580 g/mol. The number of hydrogen-bond acceptors (Lipinski definition) is 8. The van der Waals surface area contributed by atoms with Crippen LogP contribution in [0.25, 0.3) is 0 Å². The maximum Gasteiger partial charge on any atom is 0.410 e. The molecule has 1 saturated heterocycles. The Morgan fingerprint density at radius 1 is 1.12 bits per heavy atom. The van der Waals surface area contributed by atoms with Crippen molar-refractivity contribution in [3.8, 4) is 0 Å². The zero-order valence-corrected chi connectivity index (χ0v) is 25.1. The molecule has 1 aromatic carbocycles. The summed E-state index contributed by atoms with van der Waals surface area (Å²) in [6.07, 6.45) is 4.14. The first-order chi connectivity index (χ1) is 19.0. The molecule has 2 aromatic rings. The maximum atomic E-state index is 12.4. The van der Waals surface area contributed by atoms with Gasteiger partial charge >= 0.3 is 12.1 Å². The van der Waals surface area contributed by atoms with Crippen molar-refractivity contribution in [3.05, 3.63) is 34.9 Å². The van der Waals surface area contributed by atoms with Crippen LogP contribution < -0.4 is 21.3 Å². The van der Waals surface area contributed by atoms with Gasteiger partial charge in [-0.15, -0.1) is 0 Å². The number of amides is 4. The molecule has 1 aliphatic heterocycles. The number of urea groups is 1. The standard InChI is InChI=1S/C27H39BrN8O4/c1-27(2,3)40-26(39)35(4)16-11-22(37)29-12-8-13-30-23-21(28)18-31-24(34-23)32-19-9-7-10-20(17-19)33-25(38)36-14-5-6-15-36/h7,9-10,17-18H,5-6,8,11-16H2,1-4H3,(H,29,37)(H,33,38)(H2,30,31,32,34). The van der Waals surface area contributed by atoms with Crippen molar-refractivity contribution in [1.29, 1.82) is 0 Å². The Kier molecular flexibility index (Phi) is 11.4. The number of carbonyl (C=O) groups excluding carboxylic acids is 3. The molecule has 1 fully saturated rings. The van der Waals surface area contributed by atoms with E-state index in [-0.39, 0.29) is 24.9 Å². The zero-order valence-electron chi connectivity index (χ0n) is 23.6. The number of likely N-dealkylation sites (tertiary alicyclic amines) is 1. The third kappa shape index (κ3) is 10.5. The van der Waals surface area contributed by atoms with Gasteiger partial charge < -0.3 is 35.8 Å². The average Bonchev–Trinajstić information content (AvgIpc) is 3.43. The molecule has 0 atom stereocenters. The predicted molar refractivity (Wildman–Crippen MR) is 159 cm³/mol. The second-order valence-corrected chi connectivity index (χ2v) is 11.4. The minimum absolute atomic E-state index is 0.0923. The molecule has 0 radical (unpaired) electrons. The summed E-state index contributed by atoms with van der Waals surface area (Å²) in [4.78, 5) is 48.6. The van der Waals surface area contributed by atoms with Crippen molar-refractivity contribution in [2.75, 3.05) is 55.7 Å². The van der Waals surface area contributed by atoms with Crippen LogP contribution >= 0.6 is 15.9 Å². The Labute approximate surface area is 243 Å². The second-order valence-electron chi connectivity index (χ2n) is 10.5. The molecule has 1 aromatic heterocycles. The van der Waals surface area contributed by atoms with Crippen LogP contribution in [0.5, 0.6) is 0 Å². The Morgan fingerprint density at radius 2 is 1.85 bits per heavy atom. The van der Waals surface area contributed by atoms with Crippen LogP contribution in [0.15, 0.2) is 34.9 Å². The van der Waals surface area contributed by atoms with Gasteiger partial charge in [0.1, 0.15) is 11.4 Å². The molecule has 1 aliphatic rings. The van der Waals surface area contributed by atoms with Crippen LogP contribution in [-0.2, 0) is 9.53 Å². The highest BCUT2D eigenvalue weighted by molar-refractivity contribution is 9.10. The monoisotopic (exact) mass is 618 g/mol. The number of anilines is 4. The highest BCUT2D eigenvalue weighted by Crippen LogP contribution is 2.23. The number of nitrogens with one attached hydrogen (secondary N) is 4. The number of carbonyl (C=O) groups is 3. The smallest absolute Gasteiger partial charge is 0.410 e. The number of halogens is 1. The van der Waals surface area contributed by atoms with Gasteiger partial charge in [-0.2, -0.15) is 4.98 Å². The van der Waals surface area contributed by atoms with Crippen molar-refractivity contribution >= 4 is 57.1 Å². The van der Waals surface area contributed by atoms with Gasteiger partial charge in [0, 0.05) is 63.8 Å². The first-order valence-electron chi connectivity index (χ1n) is 13.4. The third-order valence-electron chi connectivity index (χ3n) is 5.85. The van der Waals surface area contributed by atoms with Gasteiger partial charge in [-0.1, -0.05) is 6.07 Å². The van der Waals surface area contributed by atoms with Gasteiger partial charge in [0.25, 0.3) is 0 Å². The number of rotatable bonds is 11. The number of hydrogen-bond donors (Lipinski definition) is 4. The van der Waals surface area contributed by atoms with Crippen LogP contribution in [-0.4, -0.2) is 83.2 Å². The minimum Gasteiger partial charge on any atom is -0.444 e. The van der Waals surface area contributed by atoms with Crippen molar-refractivity contribution in [2.45, 2.75) is 52.1 Å². The molecule has 2 heterocycles. The summed E-state index contributed by atoms with van der Waals surface area (Å²) in [6.45, 7) is 8.29. The fourth-order valence-electron chi connectivity index (χ4n) is 3.79. The van der Waals surface area contributed by atoms with Gasteiger partial charge in [-0.05, 0) is 74.2 Å². The quantitative estimate of drug-likeness (QED) is 0.264. The molecule has 218 valence electrons. The molecule has 13 heteroatoms.